The molecule has 0 saturated heterocycles. The fourth-order valence-corrected chi connectivity index (χ4v) is 4.60. The molecule has 1 atom stereocenters. The third-order valence-corrected chi connectivity index (χ3v) is 6.83. The Balaban J connectivity index is 1.91. The number of amides is 2. The van der Waals surface area contributed by atoms with Crippen molar-refractivity contribution in [1.29, 1.82) is 0 Å². The first-order valence-corrected chi connectivity index (χ1v) is 12.1. The van der Waals surface area contributed by atoms with Gasteiger partial charge in [0.1, 0.15) is 5.75 Å². The summed E-state index contributed by atoms with van der Waals surface area (Å²) in [5, 5.41) is 19.3. The van der Waals surface area contributed by atoms with E-state index in [0.29, 0.717) is 16.1 Å². The zero-order valence-electron chi connectivity index (χ0n) is 19.5. The van der Waals surface area contributed by atoms with E-state index in [1.807, 2.05) is 26.8 Å². The number of aliphatic hydroxyl groups is 1. The first kappa shape index (κ1) is 25.3. The quantitative estimate of drug-likeness (QED) is 0.448. The number of carbonyl (C=O) groups is 1. The average Bonchev–Trinajstić information content (AvgIpc) is 3.52. The molecular formula is C24H31F2N3O3S. The maximum Gasteiger partial charge on any atom is 0.387 e. The number of benzene rings is 2. The monoisotopic (exact) mass is 479 g/mol. The molecule has 9 heteroatoms. The standard InChI is InChI=1S/C24H31F2N3O3S/c1-13(2)18-11-17(32-22(25)26)12-19(15-6-7-15)21(18)28-23(30)29-33(27)20-9-8-16(10-14(20)3)24(4,5)31/h8-13,15,22,31H,6-7H2,1-5H3,(H3,27,28,29,30). The Morgan fingerprint density at radius 3 is 2.45 bits per heavy atom. The van der Waals surface area contributed by atoms with Crippen LogP contribution < -0.4 is 15.2 Å². The van der Waals surface area contributed by atoms with E-state index in [2.05, 4.69) is 14.4 Å². The van der Waals surface area contributed by atoms with Gasteiger partial charge < -0.3 is 15.2 Å². The summed E-state index contributed by atoms with van der Waals surface area (Å²) >= 11 is 0. The normalized spacial score (nSPS) is 15.2. The predicted molar refractivity (Wildman–Crippen MR) is 127 cm³/mol. The number of alkyl halides is 2. The third-order valence-electron chi connectivity index (χ3n) is 5.56. The third kappa shape index (κ3) is 6.37. The highest BCUT2D eigenvalue weighted by atomic mass is 32.2. The maximum absolute atomic E-state index is 12.8. The average molecular weight is 480 g/mol. The highest BCUT2D eigenvalue weighted by Crippen LogP contribution is 2.47. The van der Waals surface area contributed by atoms with Gasteiger partial charge in [-0.2, -0.15) is 13.1 Å². The van der Waals surface area contributed by atoms with Gasteiger partial charge in [0.05, 0.1) is 5.60 Å². The van der Waals surface area contributed by atoms with Crippen LogP contribution in [0.25, 0.3) is 0 Å². The Labute approximate surface area is 195 Å². The van der Waals surface area contributed by atoms with Crippen LogP contribution in [-0.4, -0.2) is 17.7 Å². The Kier molecular flexibility index (Phi) is 7.55. The topological polar surface area (TPSA) is 96.9 Å². The summed E-state index contributed by atoms with van der Waals surface area (Å²) in [7, 11) is -1.21. The fourth-order valence-electron chi connectivity index (χ4n) is 3.68. The summed E-state index contributed by atoms with van der Waals surface area (Å²) in [6.45, 7) is 6.18. The zero-order chi connectivity index (χ0) is 24.5. The second-order valence-electron chi connectivity index (χ2n) is 9.16. The minimum Gasteiger partial charge on any atom is -0.435 e. The van der Waals surface area contributed by atoms with E-state index in [0.717, 1.165) is 29.5 Å². The van der Waals surface area contributed by atoms with E-state index in [-0.39, 0.29) is 17.6 Å². The number of nitrogens with one attached hydrogen (secondary N) is 1. The molecule has 0 spiro atoms. The number of rotatable bonds is 7. The lowest BCUT2D eigenvalue weighted by Crippen LogP contribution is -2.17. The number of anilines is 1. The van der Waals surface area contributed by atoms with Crippen molar-refractivity contribution < 1.29 is 23.4 Å². The Hall–Kier alpha value is -2.36. The van der Waals surface area contributed by atoms with Crippen molar-refractivity contribution in [3.05, 3.63) is 52.6 Å². The minimum absolute atomic E-state index is 0.0354. The Bertz CT molecular complexity index is 1050. The lowest BCUT2D eigenvalue weighted by Gasteiger charge is -2.20. The molecule has 0 heterocycles. The van der Waals surface area contributed by atoms with Gasteiger partial charge in [-0.25, -0.2) is 4.79 Å². The van der Waals surface area contributed by atoms with Gasteiger partial charge in [0.2, 0.25) is 0 Å². The van der Waals surface area contributed by atoms with Gasteiger partial charge in [0.15, 0.2) is 0 Å². The van der Waals surface area contributed by atoms with Gasteiger partial charge in [-0.05, 0) is 85.9 Å². The molecule has 2 aromatic rings. The number of hydrogen-bond donors (Lipinski definition) is 3. The first-order valence-electron chi connectivity index (χ1n) is 10.8. The zero-order valence-corrected chi connectivity index (χ0v) is 20.3. The predicted octanol–water partition coefficient (Wildman–Crippen LogP) is 6.09. The molecule has 180 valence electrons. The fraction of sp³-hybridized carbons (Fsp3) is 0.458. The molecule has 1 saturated carbocycles. The largest absolute Gasteiger partial charge is 0.435 e. The minimum atomic E-state index is -2.92. The van der Waals surface area contributed by atoms with E-state index >= 15 is 0 Å². The van der Waals surface area contributed by atoms with Crippen molar-refractivity contribution in [2.24, 2.45) is 9.50 Å². The molecule has 2 aromatic carbocycles. The van der Waals surface area contributed by atoms with Gasteiger partial charge in [-0.15, -0.1) is 0 Å². The van der Waals surface area contributed by atoms with Crippen LogP contribution in [0, 0.1) is 6.92 Å². The van der Waals surface area contributed by atoms with Crippen molar-refractivity contribution in [3.63, 3.8) is 0 Å². The summed E-state index contributed by atoms with van der Waals surface area (Å²) in [5.74, 6) is 0.241. The molecular weight excluding hydrogens is 448 g/mol. The van der Waals surface area contributed by atoms with E-state index in [1.54, 1.807) is 38.1 Å². The summed E-state index contributed by atoms with van der Waals surface area (Å²) in [6, 6.07) is 7.89. The molecule has 0 aliphatic heterocycles. The van der Waals surface area contributed by atoms with Gasteiger partial charge in [0, 0.05) is 21.5 Å². The van der Waals surface area contributed by atoms with Gasteiger partial charge >= 0.3 is 12.6 Å². The first-order chi connectivity index (χ1) is 15.4. The highest BCUT2D eigenvalue weighted by molar-refractivity contribution is 7.85. The second-order valence-corrected chi connectivity index (χ2v) is 10.4. The molecule has 1 aliphatic carbocycles. The lowest BCUT2D eigenvalue weighted by molar-refractivity contribution is -0.0499. The molecule has 1 unspecified atom stereocenters. The van der Waals surface area contributed by atoms with Crippen LogP contribution in [-0.2, 0) is 16.5 Å². The molecule has 33 heavy (non-hydrogen) atoms. The van der Waals surface area contributed by atoms with Gasteiger partial charge in [-0.3, -0.25) is 5.14 Å². The second kappa shape index (κ2) is 9.87. The van der Waals surface area contributed by atoms with Crippen LogP contribution in [0.3, 0.4) is 0 Å². The number of nitrogens with two attached hydrogens (primary N) is 1. The van der Waals surface area contributed by atoms with Gasteiger partial charge in [0.25, 0.3) is 0 Å². The highest BCUT2D eigenvalue weighted by Gasteiger charge is 2.30. The smallest absolute Gasteiger partial charge is 0.387 e. The molecule has 2 amide bonds. The van der Waals surface area contributed by atoms with Crippen molar-refractivity contribution in [1.82, 2.24) is 0 Å². The Morgan fingerprint density at radius 1 is 1.27 bits per heavy atom. The number of urea groups is 1. The SMILES string of the molecule is Cc1cc(C(C)(C)O)ccc1S(N)=NC(=O)Nc1c(C(C)C)cc(OC(F)F)cc1C1CC1. The van der Waals surface area contributed by atoms with Crippen LogP contribution in [0.15, 0.2) is 39.6 Å². The number of halogens is 2. The van der Waals surface area contributed by atoms with Crippen molar-refractivity contribution >= 4 is 22.6 Å². The summed E-state index contributed by atoms with van der Waals surface area (Å²) < 4.78 is 34.4. The van der Waals surface area contributed by atoms with Crippen molar-refractivity contribution in [2.45, 2.75) is 76.4 Å². The van der Waals surface area contributed by atoms with E-state index < -0.39 is 29.1 Å². The number of nitrogens with zero attached hydrogens (tertiary/aromatic N) is 1. The number of aryl methyl sites for hydroxylation is 1. The van der Waals surface area contributed by atoms with Crippen LogP contribution >= 0.6 is 0 Å². The number of ether oxygens (including phenoxy) is 1. The van der Waals surface area contributed by atoms with E-state index in [9.17, 15) is 18.7 Å². The Morgan fingerprint density at radius 2 is 1.94 bits per heavy atom. The summed E-state index contributed by atoms with van der Waals surface area (Å²) in [4.78, 5) is 13.5. The lowest BCUT2D eigenvalue weighted by atomic mass is 9.95. The molecule has 4 N–H and O–H groups in total. The molecule has 0 radical (unpaired) electrons. The number of hydrogen-bond acceptors (Lipinski definition) is 3. The van der Waals surface area contributed by atoms with Crippen molar-refractivity contribution in [2.75, 3.05) is 5.32 Å². The molecule has 3 rings (SSSR count). The molecule has 0 aromatic heterocycles. The molecule has 6 nitrogen and oxygen atoms in total. The summed E-state index contributed by atoms with van der Waals surface area (Å²) in [6.07, 6.45) is 1.84. The maximum atomic E-state index is 12.8. The van der Waals surface area contributed by atoms with Crippen LogP contribution in [0.4, 0.5) is 19.3 Å². The molecule has 1 aliphatic rings. The van der Waals surface area contributed by atoms with Gasteiger partial charge in [-0.1, -0.05) is 26.0 Å². The van der Waals surface area contributed by atoms with Crippen molar-refractivity contribution in [3.8, 4) is 5.75 Å². The van der Waals surface area contributed by atoms with E-state index in [1.165, 1.54) is 0 Å². The molecule has 1 fully saturated rings. The number of carbonyl (C=O) groups excluding carboxylic acids is 1. The van der Waals surface area contributed by atoms with Crippen LogP contribution in [0.5, 0.6) is 5.75 Å². The van der Waals surface area contributed by atoms with Crippen LogP contribution in [0.2, 0.25) is 0 Å². The molecule has 0 bridgehead atoms. The van der Waals surface area contributed by atoms with Crippen LogP contribution in [0.1, 0.15) is 74.6 Å². The summed E-state index contributed by atoms with van der Waals surface area (Å²) in [5.41, 5.74) is 2.66. The van der Waals surface area contributed by atoms with E-state index in [4.69, 9.17) is 5.14 Å².